The zero-order valence-electron chi connectivity index (χ0n) is 12.3. The third-order valence-electron chi connectivity index (χ3n) is 3.10. The van der Waals surface area contributed by atoms with Crippen LogP contribution in [0.25, 0.3) is 0 Å². The van der Waals surface area contributed by atoms with Crippen LogP contribution in [0.15, 0.2) is 30.3 Å². The molecule has 1 aromatic rings. The first-order valence-electron chi connectivity index (χ1n) is 6.61. The second kappa shape index (κ2) is 6.00. The fourth-order valence-corrected chi connectivity index (χ4v) is 1.88. The summed E-state index contributed by atoms with van der Waals surface area (Å²) < 4.78 is 5.52. The Kier molecular flexibility index (Phi) is 4.87. The fourth-order valence-electron chi connectivity index (χ4n) is 1.88. The van der Waals surface area contributed by atoms with Gasteiger partial charge in [0.25, 0.3) is 0 Å². The molecule has 0 radical (unpaired) electrons. The van der Waals surface area contributed by atoms with Gasteiger partial charge in [0.1, 0.15) is 0 Å². The van der Waals surface area contributed by atoms with Gasteiger partial charge in [0.15, 0.2) is 11.4 Å². The summed E-state index contributed by atoms with van der Waals surface area (Å²) >= 11 is 0. The largest absolute Gasteiger partial charge is 0.446 e. The fraction of sp³-hybridized carbons (Fsp3) is 0.500. The molecule has 1 unspecified atom stereocenters. The molecule has 3 nitrogen and oxygen atoms in total. The monoisotopic (exact) mass is 262 g/mol. The molecule has 0 heterocycles. The van der Waals surface area contributed by atoms with Gasteiger partial charge in [-0.15, -0.1) is 0 Å². The van der Waals surface area contributed by atoms with Crippen molar-refractivity contribution in [3.8, 4) is 0 Å². The Balaban J connectivity index is 3.18. The third kappa shape index (κ3) is 3.43. The first-order valence-corrected chi connectivity index (χ1v) is 6.61. The maximum atomic E-state index is 12.4. The number of ether oxygens (including phenoxy) is 1. The van der Waals surface area contributed by atoms with Gasteiger partial charge in [-0.25, -0.2) is 0 Å². The van der Waals surface area contributed by atoms with Crippen LogP contribution in [0.3, 0.4) is 0 Å². The highest BCUT2D eigenvalue weighted by Gasteiger charge is 2.40. The van der Waals surface area contributed by atoms with Crippen LogP contribution in [0.4, 0.5) is 0 Å². The Morgan fingerprint density at radius 3 is 1.95 bits per heavy atom. The van der Waals surface area contributed by atoms with E-state index in [1.165, 1.54) is 0 Å². The van der Waals surface area contributed by atoms with Gasteiger partial charge in [-0.2, -0.15) is 0 Å². The van der Waals surface area contributed by atoms with E-state index < -0.39 is 5.60 Å². The van der Waals surface area contributed by atoms with E-state index in [9.17, 15) is 9.59 Å². The molecule has 0 aliphatic rings. The smallest absolute Gasteiger partial charge is 0.309 e. The summed E-state index contributed by atoms with van der Waals surface area (Å²) in [4.78, 5) is 24.3. The second-order valence-corrected chi connectivity index (χ2v) is 5.49. The van der Waals surface area contributed by atoms with E-state index in [0.29, 0.717) is 5.56 Å². The zero-order valence-corrected chi connectivity index (χ0v) is 12.3. The Morgan fingerprint density at radius 2 is 1.53 bits per heavy atom. The molecule has 0 spiro atoms. The summed E-state index contributed by atoms with van der Waals surface area (Å²) in [6.07, 6.45) is 0. The molecule has 1 atom stereocenters. The summed E-state index contributed by atoms with van der Waals surface area (Å²) in [5.74, 6) is -0.916. The molecule has 19 heavy (non-hydrogen) atoms. The van der Waals surface area contributed by atoms with Crippen molar-refractivity contribution in [2.75, 3.05) is 0 Å². The molecule has 104 valence electrons. The number of Topliss-reactive ketones (excluding diaryl/α,β-unsaturated/α-hetero) is 1. The Bertz CT molecular complexity index is 448. The summed E-state index contributed by atoms with van der Waals surface area (Å²) in [6, 6.07) is 9.17. The van der Waals surface area contributed by atoms with E-state index in [1.54, 1.807) is 20.8 Å². The zero-order chi connectivity index (χ0) is 14.6. The summed E-state index contributed by atoms with van der Waals surface area (Å²) in [5, 5.41) is 0. The lowest BCUT2D eigenvalue weighted by Gasteiger charge is -2.31. The Labute approximate surface area is 115 Å². The van der Waals surface area contributed by atoms with Crippen LogP contribution in [0.2, 0.25) is 0 Å². The first kappa shape index (κ1) is 15.4. The van der Waals surface area contributed by atoms with Crippen molar-refractivity contribution in [3.63, 3.8) is 0 Å². The van der Waals surface area contributed by atoms with Crippen molar-refractivity contribution < 1.29 is 14.3 Å². The van der Waals surface area contributed by atoms with Crippen molar-refractivity contribution in [1.29, 1.82) is 0 Å². The highest BCUT2D eigenvalue weighted by Crippen LogP contribution is 2.30. The number of carbonyl (C=O) groups is 2. The van der Waals surface area contributed by atoms with Crippen LogP contribution < -0.4 is 0 Å². The van der Waals surface area contributed by atoms with Crippen molar-refractivity contribution in [2.45, 2.75) is 40.2 Å². The number of rotatable bonds is 5. The minimum absolute atomic E-state index is 0.0901. The van der Waals surface area contributed by atoms with Gasteiger partial charge in [-0.05, 0) is 6.92 Å². The van der Waals surface area contributed by atoms with E-state index >= 15 is 0 Å². The summed E-state index contributed by atoms with van der Waals surface area (Å²) in [7, 11) is 0. The van der Waals surface area contributed by atoms with Crippen LogP contribution in [0.5, 0.6) is 0 Å². The second-order valence-electron chi connectivity index (χ2n) is 5.49. The quantitative estimate of drug-likeness (QED) is 0.764. The van der Waals surface area contributed by atoms with Gasteiger partial charge in [-0.1, -0.05) is 58.0 Å². The van der Waals surface area contributed by atoms with Crippen LogP contribution >= 0.6 is 0 Å². The van der Waals surface area contributed by atoms with Crippen LogP contribution in [-0.2, 0) is 19.9 Å². The lowest BCUT2D eigenvalue weighted by Crippen LogP contribution is -2.41. The Morgan fingerprint density at radius 1 is 1.00 bits per heavy atom. The topological polar surface area (TPSA) is 43.4 Å². The van der Waals surface area contributed by atoms with E-state index in [1.807, 2.05) is 44.2 Å². The van der Waals surface area contributed by atoms with Crippen LogP contribution in [0.1, 0.15) is 40.2 Å². The molecule has 0 aliphatic carbocycles. The molecule has 3 heteroatoms. The van der Waals surface area contributed by atoms with Crippen molar-refractivity contribution in [3.05, 3.63) is 35.9 Å². The van der Waals surface area contributed by atoms with E-state index in [4.69, 9.17) is 4.74 Å². The van der Waals surface area contributed by atoms with E-state index in [0.717, 1.165) is 0 Å². The van der Waals surface area contributed by atoms with Gasteiger partial charge >= 0.3 is 5.97 Å². The predicted octanol–water partition coefficient (Wildman–Crippen LogP) is 3.33. The van der Waals surface area contributed by atoms with Gasteiger partial charge in [-0.3, -0.25) is 9.59 Å². The molecular weight excluding hydrogens is 240 g/mol. The lowest BCUT2D eigenvalue weighted by molar-refractivity contribution is -0.171. The van der Waals surface area contributed by atoms with E-state index in [-0.39, 0.29) is 23.6 Å². The predicted molar refractivity (Wildman–Crippen MR) is 74.6 cm³/mol. The lowest BCUT2D eigenvalue weighted by atomic mass is 9.85. The highest BCUT2D eigenvalue weighted by atomic mass is 16.6. The molecule has 0 N–H and O–H groups in total. The standard InChI is InChI=1S/C16H22O3/c1-11(2)14(17)16(5,19-15(18)12(3)4)13-9-7-6-8-10-13/h6-12H,1-5H3. The molecule has 0 bridgehead atoms. The molecule has 1 aromatic carbocycles. The molecule has 0 aromatic heterocycles. The average Bonchev–Trinajstić information content (AvgIpc) is 2.38. The normalized spacial score (nSPS) is 14.3. The van der Waals surface area contributed by atoms with Gasteiger partial charge < -0.3 is 4.74 Å². The van der Waals surface area contributed by atoms with E-state index in [2.05, 4.69) is 0 Å². The first-order chi connectivity index (χ1) is 8.79. The van der Waals surface area contributed by atoms with Gasteiger partial charge in [0, 0.05) is 11.5 Å². The molecule has 0 saturated heterocycles. The number of ketones is 1. The van der Waals surface area contributed by atoms with Crippen molar-refractivity contribution >= 4 is 11.8 Å². The van der Waals surface area contributed by atoms with Crippen LogP contribution in [-0.4, -0.2) is 11.8 Å². The molecule has 1 rings (SSSR count). The van der Waals surface area contributed by atoms with Crippen molar-refractivity contribution in [1.82, 2.24) is 0 Å². The highest BCUT2D eigenvalue weighted by molar-refractivity contribution is 5.92. The van der Waals surface area contributed by atoms with Crippen molar-refractivity contribution in [2.24, 2.45) is 11.8 Å². The molecule has 0 fully saturated rings. The number of esters is 1. The minimum Gasteiger partial charge on any atom is -0.446 e. The molecule has 0 saturated carbocycles. The van der Waals surface area contributed by atoms with Gasteiger partial charge in [0.2, 0.25) is 0 Å². The number of hydrogen-bond acceptors (Lipinski definition) is 3. The summed E-state index contributed by atoms with van der Waals surface area (Å²) in [5.41, 5.74) is -0.501. The summed E-state index contributed by atoms with van der Waals surface area (Å²) in [6.45, 7) is 8.81. The number of benzene rings is 1. The maximum Gasteiger partial charge on any atom is 0.309 e. The maximum absolute atomic E-state index is 12.4. The number of carbonyl (C=O) groups excluding carboxylic acids is 2. The minimum atomic E-state index is -1.21. The SMILES string of the molecule is CC(C)C(=O)OC(C)(C(=O)C(C)C)c1ccccc1. The van der Waals surface area contributed by atoms with Gasteiger partial charge in [0.05, 0.1) is 5.92 Å². The Hall–Kier alpha value is -1.64. The molecule has 0 amide bonds. The third-order valence-corrected chi connectivity index (χ3v) is 3.10. The average molecular weight is 262 g/mol. The molecular formula is C16H22O3. The number of hydrogen-bond donors (Lipinski definition) is 0. The van der Waals surface area contributed by atoms with Crippen LogP contribution in [0, 0.1) is 11.8 Å². The molecule has 0 aliphatic heterocycles.